The van der Waals surface area contributed by atoms with Crippen molar-refractivity contribution in [1.82, 2.24) is 5.32 Å². The van der Waals surface area contributed by atoms with E-state index < -0.39 is 6.04 Å². The molecule has 1 heterocycles. The number of carbonyl (C=O) groups is 3. The molecule has 1 aliphatic heterocycles. The summed E-state index contributed by atoms with van der Waals surface area (Å²) < 4.78 is 0. The van der Waals surface area contributed by atoms with E-state index in [9.17, 15) is 14.4 Å². The highest BCUT2D eigenvalue weighted by Gasteiger charge is 2.32. The van der Waals surface area contributed by atoms with Crippen molar-refractivity contribution < 1.29 is 14.4 Å². The van der Waals surface area contributed by atoms with Gasteiger partial charge in [-0.3, -0.25) is 19.3 Å². The van der Waals surface area contributed by atoms with Gasteiger partial charge in [0.25, 0.3) is 5.91 Å². The lowest BCUT2D eigenvalue weighted by Gasteiger charge is -2.34. The van der Waals surface area contributed by atoms with Crippen LogP contribution < -0.4 is 21.3 Å². The summed E-state index contributed by atoms with van der Waals surface area (Å²) in [5.41, 5.74) is 6.78. The molecule has 21 heavy (non-hydrogen) atoms. The Morgan fingerprint density at radius 1 is 1.43 bits per heavy atom. The van der Waals surface area contributed by atoms with E-state index in [0.717, 1.165) is 0 Å². The first-order chi connectivity index (χ1) is 9.95. The second-order valence-electron chi connectivity index (χ2n) is 4.83. The van der Waals surface area contributed by atoms with Gasteiger partial charge in [-0.25, -0.2) is 0 Å². The van der Waals surface area contributed by atoms with Crippen LogP contribution in [0.25, 0.3) is 0 Å². The molecule has 7 nitrogen and oxygen atoms in total. The van der Waals surface area contributed by atoms with Crippen molar-refractivity contribution in [3.05, 3.63) is 23.8 Å². The second kappa shape index (κ2) is 5.92. The Morgan fingerprint density at radius 3 is 2.76 bits per heavy atom. The predicted octanol–water partition coefficient (Wildman–Crippen LogP) is 0.0686. The van der Waals surface area contributed by atoms with Crippen LogP contribution in [0.15, 0.2) is 18.2 Å². The number of nitrogens with one attached hydrogen (secondary N) is 2. The Bertz CT molecular complexity index is 600. The van der Waals surface area contributed by atoms with Gasteiger partial charge in [0.15, 0.2) is 0 Å². The van der Waals surface area contributed by atoms with Crippen LogP contribution in [-0.2, 0) is 9.59 Å². The minimum atomic E-state index is -0.577. The Hall–Kier alpha value is -2.41. The third-order valence-electron chi connectivity index (χ3n) is 3.31. The first-order valence-corrected chi connectivity index (χ1v) is 6.68. The monoisotopic (exact) mass is 290 g/mol. The largest absolute Gasteiger partial charge is 0.351 e. The van der Waals surface area contributed by atoms with Gasteiger partial charge in [-0.15, -0.1) is 0 Å². The van der Waals surface area contributed by atoms with Crippen LogP contribution in [0.3, 0.4) is 0 Å². The Balaban J connectivity index is 2.36. The highest BCUT2D eigenvalue weighted by atomic mass is 16.2. The summed E-state index contributed by atoms with van der Waals surface area (Å²) in [4.78, 5) is 36.9. The Labute approximate surface area is 122 Å². The molecule has 3 amide bonds. The number of amides is 3. The van der Waals surface area contributed by atoms with Gasteiger partial charge >= 0.3 is 0 Å². The van der Waals surface area contributed by atoms with Gasteiger partial charge in [0.1, 0.15) is 6.04 Å². The number of rotatable bonds is 3. The van der Waals surface area contributed by atoms with Crippen molar-refractivity contribution in [2.75, 3.05) is 23.3 Å². The van der Waals surface area contributed by atoms with Crippen LogP contribution in [0.2, 0.25) is 0 Å². The first kappa shape index (κ1) is 15.0. The molecule has 1 atom stereocenters. The third-order valence-corrected chi connectivity index (χ3v) is 3.31. The van der Waals surface area contributed by atoms with Crippen molar-refractivity contribution in [1.29, 1.82) is 0 Å². The molecule has 1 aromatic carbocycles. The smallest absolute Gasteiger partial charge is 0.251 e. The molecule has 2 rings (SSSR count). The van der Waals surface area contributed by atoms with Gasteiger partial charge in [0.2, 0.25) is 11.8 Å². The number of hydrogen-bond donors (Lipinski definition) is 3. The molecule has 4 N–H and O–H groups in total. The normalized spacial score (nSPS) is 17.0. The quantitative estimate of drug-likeness (QED) is 0.732. The number of anilines is 2. The van der Waals surface area contributed by atoms with Crippen LogP contribution in [0.4, 0.5) is 11.4 Å². The van der Waals surface area contributed by atoms with E-state index in [1.54, 1.807) is 25.1 Å². The molecule has 1 unspecified atom stereocenters. The third kappa shape index (κ3) is 2.87. The van der Waals surface area contributed by atoms with Crippen molar-refractivity contribution in [3.63, 3.8) is 0 Å². The number of nitrogens with two attached hydrogens (primary N) is 1. The zero-order valence-electron chi connectivity index (χ0n) is 12.0. The lowest BCUT2D eigenvalue weighted by Crippen LogP contribution is -2.48. The predicted molar refractivity (Wildman–Crippen MR) is 79.1 cm³/mol. The standard InChI is InChI=1S/C14H18N4O3/c1-8-13(20)17-11-7-10(14(21)16-6-5-15)3-4-12(11)18(8)9(2)19/h3-4,7-8H,5-6,15H2,1-2H3,(H,16,21)(H,17,20). The molecule has 0 spiro atoms. The molecule has 7 heteroatoms. The Kier molecular flexibility index (Phi) is 4.23. The zero-order chi connectivity index (χ0) is 15.6. The minimum Gasteiger partial charge on any atom is -0.351 e. The number of nitrogens with zero attached hydrogens (tertiary/aromatic N) is 1. The maximum absolute atomic E-state index is 11.9. The topological polar surface area (TPSA) is 105 Å². The van der Waals surface area contributed by atoms with E-state index in [1.807, 2.05) is 0 Å². The van der Waals surface area contributed by atoms with E-state index >= 15 is 0 Å². The summed E-state index contributed by atoms with van der Waals surface area (Å²) >= 11 is 0. The van der Waals surface area contributed by atoms with E-state index in [2.05, 4.69) is 10.6 Å². The van der Waals surface area contributed by atoms with Gasteiger partial charge in [0, 0.05) is 25.6 Å². The fourth-order valence-corrected chi connectivity index (χ4v) is 2.28. The zero-order valence-corrected chi connectivity index (χ0v) is 12.0. The Morgan fingerprint density at radius 2 is 2.14 bits per heavy atom. The molecule has 0 saturated heterocycles. The van der Waals surface area contributed by atoms with Crippen LogP contribution in [0.1, 0.15) is 24.2 Å². The van der Waals surface area contributed by atoms with Crippen molar-refractivity contribution in [3.8, 4) is 0 Å². The fourth-order valence-electron chi connectivity index (χ4n) is 2.28. The van der Waals surface area contributed by atoms with Gasteiger partial charge in [-0.05, 0) is 25.1 Å². The van der Waals surface area contributed by atoms with E-state index in [1.165, 1.54) is 11.8 Å². The van der Waals surface area contributed by atoms with E-state index in [0.29, 0.717) is 30.0 Å². The lowest BCUT2D eigenvalue weighted by atomic mass is 10.1. The van der Waals surface area contributed by atoms with Crippen LogP contribution >= 0.6 is 0 Å². The van der Waals surface area contributed by atoms with Crippen molar-refractivity contribution >= 4 is 29.1 Å². The molecular weight excluding hydrogens is 272 g/mol. The lowest BCUT2D eigenvalue weighted by molar-refractivity contribution is -0.122. The molecule has 1 aromatic rings. The number of hydrogen-bond acceptors (Lipinski definition) is 4. The van der Waals surface area contributed by atoms with Crippen molar-refractivity contribution in [2.45, 2.75) is 19.9 Å². The van der Waals surface area contributed by atoms with Gasteiger partial charge < -0.3 is 16.4 Å². The van der Waals surface area contributed by atoms with Crippen LogP contribution in [-0.4, -0.2) is 36.9 Å². The van der Waals surface area contributed by atoms with Crippen LogP contribution in [0, 0.1) is 0 Å². The molecule has 1 aliphatic rings. The average molecular weight is 290 g/mol. The molecule has 0 radical (unpaired) electrons. The molecule has 0 fully saturated rings. The van der Waals surface area contributed by atoms with Gasteiger partial charge in [-0.2, -0.15) is 0 Å². The molecular formula is C14H18N4O3. The summed E-state index contributed by atoms with van der Waals surface area (Å²) in [5, 5.41) is 5.36. The molecule has 0 aliphatic carbocycles. The highest BCUT2D eigenvalue weighted by molar-refractivity contribution is 6.12. The summed E-state index contributed by atoms with van der Waals surface area (Å²) in [6.07, 6.45) is 0. The maximum Gasteiger partial charge on any atom is 0.251 e. The highest BCUT2D eigenvalue weighted by Crippen LogP contribution is 2.33. The van der Waals surface area contributed by atoms with Gasteiger partial charge in [-0.1, -0.05) is 0 Å². The van der Waals surface area contributed by atoms with E-state index in [4.69, 9.17) is 5.73 Å². The van der Waals surface area contributed by atoms with Gasteiger partial charge in [0.05, 0.1) is 11.4 Å². The summed E-state index contributed by atoms with van der Waals surface area (Å²) in [5.74, 6) is -0.776. The minimum absolute atomic E-state index is 0.223. The fraction of sp³-hybridized carbons (Fsp3) is 0.357. The molecule has 0 saturated carbocycles. The average Bonchev–Trinajstić information content (AvgIpc) is 2.45. The molecule has 0 bridgehead atoms. The molecule has 112 valence electrons. The SMILES string of the molecule is CC(=O)N1c2ccc(C(=O)NCCN)cc2NC(=O)C1C. The number of benzene rings is 1. The maximum atomic E-state index is 11.9. The van der Waals surface area contributed by atoms with Crippen molar-refractivity contribution in [2.24, 2.45) is 5.73 Å². The first-order valence-electron chi connectivity index (χ1n) is 6.68. The summed E-state index contributed by atoms with van der Waals surface area (Å²) in [7, 11) is 0. The number of carbonyl (C=O) groups excluding carboxylic acids is 3. The summed E-state index contributed by atoms with van der Waals surface area (Å²) in [6, 6.07) is 4.25. The van der Waals surface area contributed by atoms with Crippen LogP contribution in [0.5, 0.6) is 0 Å². The molecule has 0 aromatic heterocycles. The number of fused-ring (bicyclic) bond motifs is 1. The van der Waals surface area contributed by atoms with E-state index in [-0.39, 0.29) is 17.7 Å². The summed E-state index contributed by atoms with van der Waals surface area (Å²) in [6.45, 7) is 3.78. The second-order valence-corrected chi connectivity index (χ2v) is 4.83.